The van der Waals surface area contributed by atoms with Crippen molar-refractivity contribution in [3.63, 3.8) is 0 Å². The number of amides is 1. The van der Waals surface area contributed by atoms with Crippen molar-refractivity contribution in [2.45, 2.75) is 26.3 Å². The molecule has 116 valence electrons. The van der Waals surface area contributed by atoms with Crippen molar-refractivity contribution in [3.8, 4) is 11.5 Å². The van der Waals surface area contributed by atoms with E-state index < -0.39 is 0 Å². The molecule has 6 nitrogen and oxygen atoms in total. The fraction of sp³-hybridized carbons (Fsp3) is 0.333. The second-order valence-electron chi connectivity index (χ2n) is 5.01. The number of ether oxygens (including phenoxy) is 2. The summed E-state index contributed by atoms with van der Waals surface area (Å²) in [7, 11) is 0. The Balaban J connectivity index is 1.68. The van der Waals surface area contributed by atoms with Crippen molar-refractivity contribution in [1.82, 2.24) is 10.3 Å². The molecule has 0 aliphatic carbocycles. The molecule has 1 aromatic carbocycles. The standard InChI is InChI=1S/C15H17N3O3S/c1-3-9(2)16-14(19)11-7-22-15(18-11)17-10-4-5-12-13(6-10)21-8-20-12/h4-7,9H,3,8H2,1-2H3,(H,16,19)(H,17,18). The quantitative estimate of drug-likeness (QED) is 0.886. The number of benzene rings is 1. The maximum atomic E-state index is 12.0. The Labute approximate surface area is 132 Å². The van der Waals surface area contributed by atoms with Gasteiger partial charge in [0.25, 0.3) is 5.91 Å². The minimum atomic E-state index is -0.149. The van der Waals surface area contributed by atoms with E-state index in [9.17, 15) is 4.79 Å². The first kappa shape index (κ1) is 14.6. The third-order valence-corrected chi connectivity index (χ3v) is 4.11. The normalized spacial score (nSPS) is 13.7. The summed E-state index contributed by atoms with van der Waals surface area (Å²) in [5.41, 5.74) is 1.26. The number of carbonyl (C=O) groups is 1. The molecule has 22 heavy (non-hydrogen) atoms. The molecule has 1 atom stereocenters. The highest BCUT2D eigenvalue weighted by atomic mass is 32.1. The molecule has 1 unspecified atom stereocenters. The molecule has 0 saturated carbocycles. The van der Waals surface area contributed by atoms with E-state index in [-0.39, 0.29) is 18.7 Å². The van der Waals surface area contributed by atoms with E-state index >= 15 is 0 Å². The minimum absolute atomic E-state index is 0.138. The minimum Gasteiger partial charge on any atom is -0.454 e. The Kier molecular flexibility index (Phi) is 4.15. The molecule has 2 heterocycles. The first-order chi connectivity index (χ1) is 10.7. The number of thiazole rings is 1. The summed E-state index contributed by atoms with van der Waals surface area (Å²) in [6.45, 7) is 4.24. The fourth-order valence-electron chi connectivity index (χ4n) is 1.93. The average Bonchev–Trinajstić information content (AvgIpc) is 3.15. The molecular formula is C15H17N3O3S. The molecule has 0 bridgehead atoms. The molecule has 0 spiro atoms. The van der Waals surface area contributed by atoms with Gasteiger partial charge in [0.05, 0.1) is 0 Å². The van der Waals surface area contributed by atoms with E-state index in [1.54, 1.807) is 5.38 Å². The molecular weight excluding hydrogens is 302 g/mol. The monoisotopic (exact) mass is 319 g/mol. The lowest BCUT2D eigenvalue weighted by molar-refractivity contribution is 0.0935. The van der Waals surface area contributed by atoms with Crippen LogP contribution in [0.25, 0.3) is 0 Å². The lowest BCUT2D eigenvalue weighted by atomic mass is 10.2. The molecule has 0 fully saturated rings. The van der Waals surface area contributed by atoms with Gasteiger partial charge in [-0.15, -0.1) is 11.3 Å². The highest BCUT2D eigenvalue weighted by Gasteiger charge is 2.15. The first-order valence-electron chi connectivity index (χ1n) is 7.08. The van der Waals surface area contributed by atoms with Crippen molar-refractivity contribution in [1.29, 1.82) is 0 Å². The molecule has 0 saturated heterocycles. The van der Waals surface area contributed by atoms with E-state index in [4.69, 9.17) is 9.47 Å². The van der Waals surface area contributed by atoms with Gasteiger partial charge in [-0.05, 0) is 25.5 Å². The van der Waals surface area contributed by atoms with Crippen molar-refractivity contribution in [2.75, 3.05) is 12.1 Å². The van der Waals surface area contributed by atoms with Crippen LogP contribution in [-0.4, -0.2) is 23.7 Å². The van der Waals surface area contributed by atoms with Crippen LogP contribution in [0.4, 0.5) is 10.8 Å². The van der Waals surface area contributed by atoms with Gasteiger partial charge in [0.2, 0.25) is 6.79 Å². The summed E-state index contributed by atoms with van der Waals surface area (Å²) in [5.74, 6) is 1.29. The van der Waals surface area contributed by atoms with Gasteiger partial charge < -0.3 is 20.1 Å². The topological polar surface area (TPSA) is 72.5 Å². The van der Waals surface area contributed by atoms with Gasteiger partial charge in [-0.3, -0.25) is 4.79 Å². The summed E-state index contributed by atoms with van der Waals surface area (Å²) in [6, 6.07) is 5.71. The van der Waals surface area contributed by atoms with Gasteiger partial charge in [0, 0.05) is 23.2 Å². The largest absolute Gasteiger partial charge is 0.454 e. The van der Waals surface area contributed by atoms with Crippen LogP contribution < -0.4 is 20.1 Å². The highest BCUT2D eigenvalue weighted by molar-refractivity contribution is 7.14. The van der Waals surface area contributed by atoms with Crippen LogP contribution in [-0.2, 0) is 0 Å². The summed E-state index contributed by atoms with van der Waals surface area (Å²) < 4.78 is 10.6. The van der Waals surface area contributed by atoms with Crippen molar-refractivity contribution in [2.24, 2.45) is 0 Å². The van der Waals surface area contributed by atoms with Crippen LogP contribution in [0.15, 0.2) is 23.6 Å². The third-order valence-electron chi connectivity index (χ3n) is 3.35. The molecule has 7 heteroatoms. The predicted molar refractivity (Wildman–Crippen MR) is 85.2 cm³/mol. The SMILES string of the molecule is CCC(C)NC(=O)c1csc(Nc2ccc3c(c2)OCO3)n1. The van der Waals surface area contributed by atoms with Gasteiger partial charge in [-0.25, -0.2) is 4.98 Å². The van der Waals surface area contributed by atoms with Gasteiger partial charge >= 0.3 is 0 Å². The van der Waals surface area contributed by atoms with E-state index in [0.29, 0.717) is 16.6 Å². The van der Waals surface area contributed by atoms with E-state index in [0.717, 1.165) is 17.9 Å². The maximum absolute atomic E-state index is 12.0. The molecule has 0 radical (unpaired) electrons. The zero-order valence-electron chi connectivity index (χ0n) is 12.4. The zero-order valence-corrected chi connectivity index (χ0v) is 13.2. The molecule has 3 rings (SSSR count). The zero-order chi connectivity index (χ0) is 15.5. The Morgan fingerprint density at radius 3 is 3.05 bits per heavy atom. The molecule has 1 aliphatic heterocycles. The van der Waals surface area contributed by atoms with E-state index in [1.165, 1.54) is 11.3 Å². The van der Waals surface area contributed by atoms with E-state index in [2.05, 4.69) is 15.6 Å². The smallest absolute Gasteiger partial charge is 0.271 e. The number of anilines is 2. The highest BCUT2D eigenvalue weighted by Crippen LogP contribution is 2.35. The lowest BCUT2D eigenvalue weighted by Gasteiger charge is -2.09. The van der Waals surface area contributed by atoms with Crippen LogP contribution in [0.2, 0.25) is 0 Å². The number of hydrogen-bond acceptors (Lipinski definition) is 6. The van der Waals surface area contributed by atoms with Gasteiger partial charge in [-0.2, -0.15) is 0 Å². The molecule has 1 amide bonds. The lowest BCUT2D eigenvalue weighted by Crippen LogP contribution is -2.32. The van der Waals surface area contributed by atoms with Crippen LogP contribution >= 0.6 is 11.3 Å². The van der Waals surface area contributed by atoms with Gasteiger partial charge in [0.15, 0.2) is 16.6 Å². The van der Waals surface area contributed by atoms with Gasteiger partial charge in [-0.1, -0.05) is 6.92 Å². The Morgan fingerprint density at radius 2 is 2.23 bits per heavy atom. The second-order valence-corrected chi connectivity index (χ2v) is 5.87. The summed E-state index contributed by atoms with van der Waals surface area (Å²) in [4.78, 5) is 16.3. The second kappa shape index (κ2) is 6.23. The number of nitrogens with zero attached hydrogens (tertiary/aromatic N) is 1. The molecule has 1 aliphatic rings. The van der Waals surface area contributed by atoms with Gasteiger partial charge in [0.1, 0.15) is 5.69 Å². The summed E-state index contributed by atoms with van der Waals surface area (Å²) in [6.07, 6.45) is 0.887. The Hall–Kier alpha value is -2.28. The molecule has 2 aromatic rings. The number of hydrogen-bond donors (Lipinski definition) is 2. The third kappa shape index (κ3) is 3.14. The first-order valence-corrected chi connectivity index (χ1v) is 7.96. The van der Waals surface area contributed by atoms with Crippen LogP contribution in [0.3, 0.4) is 0 Å². The number of fused-ring (bicyclic) bond motifs is 1. The van der Waals surface area contributed by atoms with Crippen LogP contribution in [0.1, 0.15) is 30.8 Å². The average molecular weight is 319 g/mol. The molecule has 1 aromatic heterocycles. The van der Waals surface area contributed by atoms with Crippen LogP contribution in [0.5, 0.6) is 11.5 Å². The number of aromatic nitrogens is 1. The summed E-state index contributed by atoms with van der Waals surface area (Å²) >= 11 is 1.39. The molecule has 2 N–H and O–H groups in total. The fourth-order valence-corrected chi connectivity index (χ4v) is 2.64. The number of carbonyl (C=O) groups excluding carboxylic acids is 1. The maximum Gasteiger partial charge on any atom is 0.271 e. The number of rotatable bonds is 5. The Bertz CT molecular complexity index is 686. The summed E-state index contributed by atoms with van der Waals surface area (Å²) in [5, 5.41) is 8.47. The van der Waals surface area contributed by atoms with Crippen molar-refractivity contribution in [3.05, 3.63) is 29.3 Å². The number of nitrogens with one attached hydrogen (secondary N) is 2. The van der Waals surface area contributed by atoms with Crippen molar-refractivity contribution >= 4 is 28.1 Å². The van der Waals surface area contributed by atoms with Crippen molar-refractivity contribution < 1.29 is 14.3 Å². The Morgan fingerprint density at radius 1 is 1.41 bits per heavy atom. The van der Waals surface area contributed by atoms with E-state index in [1.807, 2.05) is 32.0 Å². The van der Waals surface area contributed by atoms with Crippen LogP contribution in [0, 0.1) is 0 Å². The predicted octanol–water partition coefficient (Wildman–Crippen LogP) is 3.14.